The zero-order chi connectivity index (χ0) is 83.9. The molecule has 1 aliphatic heterocycles. The molecule has 2 aromatic heterocycles. The Hall–Kier alpha value is -14.4. The van der Waals surface area contributed by atoms with Crippen molar-refractivity contribution in [3.05, 3.63) is 423 Å². The first-order valence-electron chi connectivity index (χ1n) is 42.7. The van der Waals surface area contributed by atoms with Crippen LogP contribution in [0, 0.1) is 10.8 Å². The Morgan fingerprint density at radius 1 is 0.282 bits per heavy atom. The fourth-order valence-electron chi connectivity index (χ4n) is 17.5. The van der Waals surface area contributed by atoms with Crippen LogP contribution in [0.25, 0.3) is 55.0 Å². The van der Waals surface area contributed by atoms with E-state index in [1.165, 1.54) is 22.5 Å². The molecular formula is C111H97N7O6. The summed E-state index contributed by atoms with van der Waals surface area (Å²) in [6.07, 6.45) is 0.747. The average Bonchev–Trinajstić information content (AvgIpc) is 1.58. The molecule has 0 saturated carbocycles. The van der Waals surface area contributed by atoms with Crippen LogP contribution in [0.5, 0.6) is 11.5 Å². The number of anilines is 14. The van der Waals surface area contributed by atoms with Crippen LogP contribution < -0.4 is 34.0 Å². The maximum Gasteiger partial charge on any atom is 0.119 e. The minimum absolute atomic E-state index is 0.123. The molecule has 2 unspecified atom stereocenters. The van der Waals surface area contributed by atoms with Gasteiger partial charge in [-0.2, -0.15) is 0 Å². The topological polar surface area (TPSA) is 103 Å². The van der Waals surface area contributed by atoms with E-state index >= 15 is 0 Å². The van der Waals surface area contributed by atoms with E-state index in [1.807, 2.05) is 38.1 Å². The summed E-state index contributed by atoms with van der Waals surface area (Å²) in [7, 11) is 0. The highest BCUT2D eigenvalue weighted by molar-refractivity contribution is 6.14. The highest BCUT2D eigenvalue weighted by Crippen LogP contribution is 2.48. The third-order valence-corrected chi connectivity index (χ3v) is 23.7. The largest absolute Gasteiger partial charge is 0.493 e. The van der Waals surface area contributed by atoms with Crippen molar-refractivity contribution in [2.24, 2.45) is 10.8 Å². The van der Waals surface area contributed by atoms with E-state index in [-0.39, 0.29) is 39.6 Å². The molecule has 2 atom stereocenters. The molecule has 0 spiro atoms. The zero-order valence-electron chi connectivity index (χ0n) is 69.8. The number of aliphatic hydroxyl groups is 2. The molecule has 3 heterocycles. The normalized spacial score (nSPS) is 12.8. The second-order valence-electron chi connectivity index (χ2n) is 32.8. The summed E-state index contributed by atoms with van der Waals surface area (Å²) >= 11 is 0. The number of aliphatic hydroxyl groups excluding tert-OH is 2. The molecule has 13 heteroatoms. The van der Waals surface area contributed by atoms with Crippen molar-refractivity contribution in [3.8, 4) is 22.9 Å². The van der Waals surface area contributed by atoms with E-state index < -0.39 is 10.8 Å². The quantitative estimate of drug-likeness (QED) is 0.0434. The van der Waals surface area contributed by atoms with E-state index in [4.69, 9.17) is 18.9 Å². The van der Waals surface area contributed by atoms with E-state index in [2.05, 4.69) is 417 Å². The van der Waals surface area contributed by atoms with Crippen LogP contribution in [-0.2, 0) is 29.1 Å². The Kier molecular flexibility index (Phi) is 22.6. The number of fused-ring (bicyclic) bond motifs is 8. The second-order valence-corrected chi connectivity index (χ2v) is 32.8. The monoisotopic (exact) mass is 1620 g/mol. The summed E-state index contributed by atoms with van der Waals surface area (Å²) in [6.45, 7) is 8.57. The van der Waals surface area contributed by atoms with Gasteiger partial charge in [-0.15, -0.1) is 0 Å². The van der Waals surface area contributed by atoms with E-state index in [1.54, 1.807) is 0 Å². The molecule has 612 valence electrons. The average molecular weight is 1630 g/mol. The summed E-state index contributed by atoms with van der Waals surface area (Å²) in [5, 5.41) is 26.4. The molecule has 0 bridgehead atoms. The minimum Gasteiger partial charge on any atom is -0.493 e. The highest BCUT2D eigenvalue weighted by Gasteiger charge is 2.30. The van der Waals surface area contributed by atoms with Crippen LogP contribution in [-0.4, -0.2) is 65.5 Å². The molecule has 0 amide bonds. The Morgan fingerprint density at radius 2 is 0.540 bits per heavy atom. The van der Waals surface area contributed by atoms with Gasteiger partial charge in [0.05, 0.1) is 74.9 Å². The zero-order valence-corrected chi connectivity index (χ0v) is 69.8. The molecule has 18 aromatic rings. The second kappa shape index (κ2) is 35.3. The van der Waals surface area contributed by atoms with E-state index in [0.29, 0.717) is 24.7 Å². The summed E-state index contributed by atoms with van der Waals surface area (Å²) < 4.78 is 30.8. The van der Waals surface area contributed by atoms with Crippen molar-refractivity contribution < 1.29 is 29.2 Å². The number of hydrogen-bond acceptors (Lipinski definition) is 11. The Labute approximate surface area is 724 Å². The first-order chi connectivity index (χ1) is 61.0. The fourth-order valence-corrected chi connectivity index (χ4v) is 17.5. The van der Waals surface area contributed by atoms with Gasteiger partial charge >= 0.3 is 0 Å². The predicted molar refractivity (Wildman–Crippen MR) is 509 cm³/mol. The maximum atomic E-state index is 11.0. The summed E-state index contributed by atoms with van der Waals surface area (Å²) in [5.74, 6) is 1.40. The van der Waals surface area contributed by atoms with Crippen LogP contribution in [0.4, 0.5) is 79.6 Å². The minimum atomic E-state index is -0.690. The number of aromatic nitrogens is 2. The van der Waals surface area contributed by atoms with Gasteiger partial charge in [0.1, 0.15) is 11.5 Å². The molecule has 19 rings (SSSR count). The SMILES string of the molecule is CCN1c2ccc(COCC(C)(CO)COc3ccc(-n4c5ccc(N(c6ccccc6)c6ccccc6)cc5c5cc(N(c6ccccc6)c6ccccc6)ccc54)cc3)cc2Cc2cc(COCC(C)(CO)COc3ccc(-n4c5ccc(N(c6ccccc6)c6ccccc6)cc5c5cc(N(c6ccccc6)c6ccccc6)ccc54)cc3)ccc21. The van der Waals surface area contributed by atoms with Crippen LogP contribution in [0.15, 0.2) is 400 Å². The van der Waals surface area contributed by atoms with E-state index in [0.717, 1.165) is 147 Å². The van der Waals surface area contributed by atoms with Crippen LogP contribution in [0.3, 0.4) is 0 Å². The van der Waals surface area contributed by atoms with Crippen molar-refractivity contribution in [1.29, 1.82) is 0 Å². The predicted octanol–water partition coefficient (Wildman–Crippen LogP) is 27.0. The van der Waals surface area contributed by atoms with E-state index in [9.17, 15) is 10.2 Å². The smallest absolute Gasteiger partial charge is 0.119 e. The third-order valence-electron chi connectivity index (χ3n) is 23.7. The van der Waals surface area contributed by atoms with Gasteiger partial charge in [-0.05, 0) is 260 Å². The van der Waals surface area contributed by atoms with Crippen molar-refractivity contribution in [2.45, 2.75) is 40.4 Å². The summed E-state index contributed by atoms with van der Waals surface area (Å²) in [6, 6.07) is 141. The van der Waals surface area contributed by atoms with Crippen LogP contribution >= 0.6 is 0 Å². The Balaban J connectivity index is 0.507. The van der Waals surface area contributed by atoms with Gasteiger partial charge in [0.2, 0.25) is 0 Å². The molecule has 124 heavy (non-hydrogen) atoms. The lowest BCUT2D eigenvalue weighted by Gasteiger charge is -2.33. The fraction of sp³-hybridized carbons (Fsp3) is 0.135. The maximum absolute atomic E-state index is 11.0. The first-order valence-corrected chi connectivity index (χ1v) is 42.7. The van der Waals surface area contributed by atoms with Crippen LogP contribution in [0.1, 0.15) is 43.0 Å². The molecule has 0 saturated heterocycles. The molecule has 1 aliphatic rings. The number of ether oxygens (including phenoxy) is 4. The van der Waals surface area contributed by atoms with Crippen molar-refractivity contribution in [3.63, 3.8) is 0 Å². The lowest BCUT2D eigenvalue weighted by Crippen LogP contribution is -2.34. The van der Waals surface area contributed by atoms with Crippen molar-refractivity contribution in [1.82, 2.24) is 9.13 Å². The standard InChI is InChI=1S/C111H97N7O6/c1-4-112-104-59-45-80(72-121-76-110(2,74-119)78-123-98-55-47-92(48-56-98)117-106-61-51-94(113(84-29-13-5-14-30-84)85-31-15-6-16-32-85)68-100(106)101-69-95(52-62-107(101)117)114(86-33-17-7-18-34-86)87-35-19-8-20-36-87)65-82(104)67-83-66-81(46-60-105(83)112)73-122-77-111(3,75-120)79-124-99-57-49-93(50-58-99)118-108-63-53-96(115(88-37-21-9-22-38-88)89-39-23-10-24-40-89)70-102(108)103-71-97(54-64-109(103)118)116(90-41-25-11-26-42-90)91-43-27-12-28-44-91/h5-66,68-71,119-120H,4,67,72-79H2,1-3H3. The van der Waals surface area contributed by atoms with Gasteiger partial charge in [0, 0.05) is 136 Å². The Bertz CT molecular complexity index is 5860. The van der Waals surface area contributed by atoms with Gasteiger partial charge in [-0.25, -0.2) is 0 Å². The van der Waals surface area contributed by atoms with Crippen molar-refractivity contribution >= 4 is 123 Å². The number of hydrogen-bond donors (Lipinski definition) is 2. The summed E-state index contributed by atoms with van der Waals surface area (Å²) in [5.41, 5.74) is 24.5. The molecule has 0 aliphatic carbocycles. The molecule has 0 fully saturated rings. The number of nitrogens with zero attached hydrogens (tertiary/aromatic N) is 7. The van der Waals surface area contributed by atoms with Gasteiger partial charge < -0.3 is 62.8 Å². The molecule has 13 nitrogen and oxygen atoms in total. The number of benzene rings is 16. The van der Waals surface area contributed by atoms with Gasteiger partial charge in [-0.1, -0.05) is 184 Å². The van der Waals surface area contributed by atoms with Crippen LogP contribution in [0.2, 0.25) is 0 Å². The van der Waals surface area contributed by atoms with Gasteiger partial charge in [0.25, 0.3) is 0 Å². The Morgan fingerprint density at radius 3 is 0.782 bits per heavy atom. The lowest BCUT2D eigenvalue weighted by molar-refractivity contribution is -0.0161. The molecular weight excluding hydrogens is 1530 g/mol. The molecule has 2 N–H and O–H groups in total. The van der Waals surface area contributed by atoms with Gasteiger partial charge in [-0.3, -0.25) is 0 Å². The number of para-hydroxylation sites is 8. The third kappa shape index (κ3) is 16.3. The molecule has 16 aromatic carbocycles. The summed E-state index contributed by atoms with van der Waals surface area (Å²) in [4.78, 5) is 11.6. The lowest BCUT2D eigenvalue weighted by atomic mass is 9.92. The van der Waals surface area contributed by atoms with Gasteiger partial charge in [0.15, 0.2) is 0 Å². The number of rotatable bonds is 31. The first kappa shape index (κ1) is 79.4. The van der Waals surface area contributed by atoms with Crippen molar-refractivity contribution in [2.75, 3.05) is 70.7 Å². The molecule has 0 radical (unpaired) electrons. The highest BCUT2D eigenvalue weighted by atomic mass is 16.5.